The van der Waals surface area contributed by atoms with Gasteiger partial charge >= 0.3 is 5.97 Å². The summed E-state index contributed by atoms with van der Waals surface area (Å²) >= 11 is 0. The van der Waals surface area contributed by atoms with Gasteiger partial charge in [-0.15, -0.1) is 0 Å². The molecule has 0 bridgehead atoms. The Kier molecular flexibility index (Phi) is 5.30. The Morgan fingerprint density at radius 1 is 1.00 bits per heavy atom. The van der Waals surface area contributed by atoms with Gasteiger partial charge in [-0.05, 0) is 61.9 Å². The summed E-state index contributed by atoms with van der Waals surface area (Å²) in [7, 11) is 0. The van der Waals surface area contributed by atoms with Gasteiger partial charge in [0.1, 0.15) is 29.3 Å². The maximum absolute atomic E-state index is 12.7. The van der Waals surface area contributed by atoms with E-state index in [-0.39, 0.29) is 12.4 Å². The van der Waals surface area contributed by atoms with Crippen LogP contribution in [0, 0.1) is 6.92 Å². The van der Waals surface area contributed by atoms with Crippen LogP contribution in [-0.4, -0.2) is 21.1 Å². The van der Waals surface area contributed by atoms with Crippen molar-refractivity contribution >= 4 is 17.4 Å². The first-order valence-electron chi connectivity index (χ1n) is 9.49. The first-order chi connectivity index (χ1) is 14.5. The molecular weight excluding hydrogens is 380 g/mol. The molecule has 2 heterocycles. The summed E-state index contributed by atoms with van der Waals surface area (Å²) in [6.07, 6.45) is 3.83. The van der Waals surface area contributed by atoms with E-state index in [1.807, 2.05) is 35.9 Å². The van der Waals surface area contributed by atoms with E-state index in [0.29, 0.717) is 22.6 Å². The van der Waals surface area contributed by atoms with Gasteiger partial charge in [-0.25, -0.2) is 9.78 Å². The number of ketones is 1. The number of fused-ring (bicyclic) bond motifs is 1. The molecule has 4 rings (SSSR count). The highest BCUT2D eigenvalue weighted by molar-refractivity contribution is 5.95. The van der Waals surface area contributed by atoms with Crippen LogP contribution in [0.5, 0.6) is 11.5 Å². The number of ether oxygens (including phenoxy) is 2. The van der Waals surface area contributed by atoms with Crippen molar-refractivity contribution in [2.75, 3.05) is 0 Å². The van der Waals surface area contributed by atoms with E-state index in [0.717, 1.165) is 16.9 Å². The molecule has 2 aromatic heterocycles. The lowest BCUT2D eigenvalue weighted by Gasteiger charge is -2.10. The van der Waals surface area contributed by atoms with Gasteiger partial charge in [-0.2, -0.15) is 0 Å². The van der Waals surface area contributed by atoms with Gasteiger partial charge in [0, 0.05) is 18.0 Å². The molecule has 2 aromatic carbocycles. The molecule has 0 atom stereocenters. The molecule has 0 amide bonds. The van der Waals surface area contributed by atoms with E-state index in [1.165, 1.54) is 6.92 Å². The molecule has 0 aliphatic carbocycles. The lowest BCUT2D eigenvalue weighted by atomic mass is 10.1. The van der Waals surface area contributed by atoms with Gasteiger partial charge in [0.15, 0.2) is 5.78 Å². The largest absolute Gasteiger partial charge is 0.486 e. The molecular formula is C24H20N2O4. The average molecular weight is 400 g/mol. The van der Waals surface area contributed by atoms with Gasteiger partial charge in [0.2, 0.25) is 0 Å². The van der Waals surface area contributed by atoms with E-state index in [4.69, 9.17) is 9.47 Å². The number of carbonyl (C=O) groups is 2. The van der Waals surface area contributed by atoms with Gasteiger partial charge in [-0.3, -0.25) is 4.79 Å². The summed E-state index contributed by atoms with van der Waals surface area (Å²) in [5.41, 5.74) is 3.57. The number of carbonyl (C=O) groups excluding carboxylic acids is 2. The number of pyridine rings is 1. The zero-order valence-electron chi connectivity index (χ0n) is 16.7. The Labute approximate surface area is 173 Å². The lowest BCUT2D eigenvalue weighted by Crippen LogP contribution is -2.11. The number of aryl methyl sites for hydroxylation is 1. The van der Waals surface area contributed by atoms with Crippen LogP contribution in [0.4, 0.5) is 0 Å². The number of Topliss-reactive ketones (excluding diaryl/α,β-unsaturated/α-hetero) is 1. The van der Waals surface area contributed by atoms with Crippen molar-refractivity contribution in [2.24, 2.45) is 0 Å². The zero-order valence-corrected chi connectivity index (χ0v) is 16.7. The third kappa shape index (κ3) is 4.07. The van der Waals surface area contributed by atoms with Gasteiger partial charge < -0.3 is 13.9 Å². The van der Waals surface area contributed by atoms with Crippen molar-refractivity contribution in [1.29, 1.82) is 0 Å². The SMILES string of the molecule is CC(=O)c1ccc(OC(=O)c2ccccc2OCc2cn3cccc(C)c3n2)cc1. The molecule has 6 heteroatoms. The number of benzene rings is 2. The Morgan fingerprint density at radius 3 is 2.50 bits per heavy atom. The fourth-order valence-corrected chi connectivity index (χ4v) is 3.11. The third-order valence-corrected chi connectivity index (χ3v) is 4.68. The second-order valence-electron chi connectivity index (χ2n) is 6.91. The van der Waals surface area contributed by atoms with Crippen molar-refractivity contribution in [2.45, 2.75) is 20.5 Å². The standard InChI is InChI=1S/C24H20N2O4/c1-16-6-5-13-26-14-19(25-23(16)26)15-29-22-8-4-3-7-21(22)24(28)30-20-11-9-18(10-12-20)17(2)27/h3-14H,15H2,1-2H3. The van der Waals surface area contributed by atoms with Crippen LogP contribution in [-0.2, 0) is 6.61 Å². The lowest BCUT2D eigenvalue weighted by molar-refractivity contribution is 0.0729. The predicted octanol–water partition coefficient (Wildman–Crippen LogP) is 4.64. The molecule has 0 unspecified atom stereocenters. The monoisotopic (exact) mass is 400 g/mol. The molecule has 0 aliphatic rings. The van der Waals surface area contributed by atoms with Gasteiger partial charge in [0.25, 0.3) is 0 Å². The molecule has 0 N–H and O–H groups in total. The van der Waals surface area contributed by atoms with Crippen molar-refractivity contribution in [3.05, 3.63) is 95.4 Å². The number of imidazole rings is 1. The minimum absolute atomic E-state index is 0.0474. The van der Waals surface area contributed by atoms with Crippen LogP contribution in [0.3, 0.4) is 0 Å². The second-order valence-corrected chi connectivity index (χ2v) is 6.91. The van der Waals surface area contributed by atoms with Crippen molar-refractivity contribution in [3.8, 4) is 11.5 Å². The van der Waals surface area contributed by atoms with E-state index >= 15 is 0 Å². The van der Waals surface area contributed by atoms with Crippen molar-refractivity contribution in [3.63, 3.8) is 0 Å². The maximum atomic E-state index is 12.7. The first kappa shape index (κ1) is 19.4. The van der Waals surface area contributed by atoms with Gasteiger partial charge in [-0.1, -0.05) is 18.2 Å². The summed E-state index contributed by atoms with van der Waals surface area (Å²) in [6.45, 7) is 3.71. The Hall–Kier alpha value is -3.93. The normalized spacial score (nSPS) is 10.7. The average Bonchev–Trinajstić information content (AvgIpc) is 3.17. The summed E-state index contributed by atoms with van der Waals surface area (Å²) < 4.78 is 13.3. The Balaban J connectivity index is 1.49. The third-order valence-electron chi connectivity index (χ3n) is 4.68. The fraction of sp³-hybridized carbons (Fsp3) is 0.125. The predicted molar refractivity (Wildman–Crippen MR) is 112 cm³/mol. The number of para-hydroxylation sites is 1. The van der Waals surface area contributed by atoms with Gasteiger partial charge in [0.05, 0.1) is 5.69 Å². The summed E-state index contributed by atoms with van der Waals surface area (Å²) in [5, 5.41) is 0. The number of esters is 1. The Bertz CT molecular complexity index is 1230. The van der Waals surface area contributed by atoms with E-state index in [1.54, 1.807) is 48.5 Å². The topological polar surface area (TPSA) is 69.9 Å². The number of hydrogen-bond acceptors (Lipinski definition) is 5. The number of rotatable bonds is 6. The van der Waals surface area contributed by atoms with Crippen LogP contribution in [0.2, 0.25) is 0 Å². The van der Waals surface area contributed by atoms with Crippen LogP contribution < -0.4 is 9.47 Å². The van der Waals surface area contributed by atoms with Crippen molar-refractivity contribution in [1.82, 2.24) is 9.38 Å². The summed E-state index contributed by atoms with van der Waals surface area (Å²) in [5.74, 6) is 0.188. The first-order valence-corrected chi connectivity index (χ1v) is 9.49. The zero-order chi connectivity index (χ0) is 21.1. The molecule has 0 aliphatic heterocycles. The quantitative estimate of drug-likeness (QED) is 0.268. The molecule has 30 heavy (non-hydrogen) atoms. The van der Waals surface area contributed by atoms with Crippen LogP contribution in [0.15, 0.2) is 73.1 Å². The van der Waals surface area contributed by atoms with Crippen LogP contribution >= 0.6 is 0 Å². The minimum atomic E-state index is -0.535. The van der Waals surface area contributed by atoms with E-state index < -0.39 is 5.97 Å². The molecule has 0 spiro atoms. The Morgan fingerprint density at radius 2 is 1.77 bits per heavy atom. The smallest absolute Gasteiger partial charge is 0.347 e. The minimum Gasteiger partial charge on any atom is -0.486 e. The van der Waals surface area contributed by atoms with E-state index in [9.17, 15) is 9.59 Å². The molecule has 0 fully saturated rings. The molecule has 150 valence electrons. The number of hydrogen-bond donors (Lipinski definition) is 0. The summed E-state index contributed by atoms with van der Waals surface area (Å²) in [6, 6.07) is 17.3. The highest BCUT2D eigenvalue weighted by Crippen LogP contribution is 2.22. The highest BCUT2D eigenvalue weighted by atomic mass is 16.5. The summed E-state index contributed by atoms with van der Waals surface area (Å²) in [4.78, 5) is 28.6. The highest BCUT2D eigenvalue weighted by Gasteiger charge is 2.15. The van der Waals surface area contributed by atoms with Crippen molar-refractivity contribution < 1.29 is 19.1 Å². The fourth-order valence-electron chi connectivity index (χ4n) is 3.11. The maximum Gasteiger partial charge on any atom is 0.347 e. The second kappa shape index (κ2) is 8.21. The number of aromatic nitrogens is 2. The molecule has 0 saturated heterocycles. The number of nitrogens with zero attached hydrogens (tertiary/aromatic N) is 2. The molecule has 0 saturated carbocycles. The molecule has 6 nitrogen and oxygen atoms in total. The van der Waals surface area contributed by atoms with Crippen LogP contribution in [0.25, 0.3) is 5.65 Å². The van der Waals surface area contributed by atoms with Crippen LogP contribution in [0.1, 0.15) is 38.9 Å². The van der Waals surface area contributed by atoms with E-state index in [2.05, 4.69) is 4.98 Å². The molecule has 4 aromatic rings. The molecule has 0 radical (unpaired) electrons.